The average Bonchev–Trinajstić information content (AvgIpc) is 2.77. The highest BCUT2D eigenvalue weighted by Gasteiger charge is 2.19. The predicted molar refractivity (Wildman–Crippen MR) is 71.4 cm³/mol. The molecule has 0 heterocycles. The van der Waals surface area contributed by atoms with Gasteiger partial charge in [-0.3, -0.25) is 4.79 Å². The van der Waals surface area contributed by atoms with Crippen molar-refractivity contribution in [2.75, 3.05) is 0 Å². The van der Waals surface area contributed by atoms with Crippen LogP contribution in [0.15, 0.2) is 12.1 Å². The van der Waals surface area contributed by atoms with Gasteiger partial charge in [0, 0.05) is 6.42 Å². The molecule has 0 amide bonds. The molecule has 1 aromatic rings. The normalized spacial score (nSPS) is 16.2. The van der Waals surface area contributed by atoms with Crippen molar-refractivity contribution in [2.45, 2.75) is 52.4 Å². The van der Waals surface area contributed by atoms with Crippen LogP contribution in [0.3, 0.4) is 0 Å². The summed E-state index contributed by atoms with van der Waals surface area (Å²) in [5.41, 5.74) is 1.94. The molecule has 1 aliphatic carbocycles. The molecule has 0 bridgehead atoms. The minimum atomic E-state index is -0.357. The smallest absolute Gasteiger partial charge is 0.166 e. The summed E-state index contributed by atoms with van der Waals surface area (Å²) in [6, 6.07) is 3.34. The Morgan fingerprint density at radius 2 is 1.94 bits per heavy atom. The average molecular weight is 248 g/mol. The van der Waals surface area contributed by atoms with Gasteiger partial charge in [-0.1, -0.05) is 31.7 Å². The third-order valence-corrected chi connectivity index (χ3v) is 3.96. The first kappa shape index (κ1) is 13.3. The molecule has 0 N–H and O–H groups in total. The maximum absolute atomic E-state index is 13.8. The lowest BCUT2D eigenvalue weighted by Crippen LogP contribution is -2.08. The van der Waals surface area contributed by atoms with Crippen molar-refractivity contribution in [3.8, 4) is 0 Å². The molecule has 1 aliphatic rings. The highest BCUT2D eigenvalue weighted by molar-refractivity contribution is 5.97. The Hall–Kier alpha value is -1.18. The minimum absolute atomic E-state index is 0.0306. The molecule has 0 aromatic heterocycles. The summed E-state index contributed by atoms with van der Waals surface area (Å²) in [6.45, 7) is 3.67. The van der Waals surface area contributed by atoms with E-state index in [2.05, 4.69) is 0 Å². The molecule has 0 atom stereocenters. The van der Waals surface area contributed by atoms with Gasteiger partial charge >= 0.3 is 0 Å². The third kappa shape index (κ3) is 2.98. The number of Topliss-reactive ketones (excluding diaryl/α,β-unsaturated/α-hetero) is 1. The summed E-state index contributed by atoms with van der Waals surface area (Å²) in [5, 5.41) is 0. The molecule has 0 radical (unpaired) electrons. The van der Waals surface area contributed by atoms with Crippen molar-refractivity contribution in [1.82, 2.24) is 0 Å². The lowest BCUT2D eigenvalue weighted by molar-refractivity contribution is 0.0969. The van der Waals surface area contributed by atoms with Gasteiger partial charge in [-0.2, -0.15) is 0 Å². The van der Waals surface area contributed by atoms with Crippen LogP contribution in [0.25, 0.3) is 0 Å². The second-order valence-electron chi connectivity index (χ2n) is 5.55. The van der Waals surface area contributed by atoms with E-state index in [1.807, 2.05) is 19.9 Å². The Morgan fingerprint density at radius 1 is 1.28 bits per heavy atom. The fourth-order valence-corrected chi connectivity index (χ4v) is 3.03. The highest BCUT2D eigenvalue weighted by Crippen LogP contribution is 2.29. The van der Waals surface area contributed by atoms with Crippen LogP contribution in [0.2, 0.25) is 0 Å². The lowest BCUT2D eigenvalue weighted by Gasteiger charge is -2.10. The van der Waals surface area contributed by atoms with Crippen LogP contribution < -0.4 is 0 Å². The van der Waals surface area contributed by atoms with Crippen LogP contribution in [0.4, 0.5) is 4.39 Å². The Morgan fingerprint density at radius 3 is 2.56 bits per heavy atom. The number of carbonyl (C=O) groups is 1. The zero-order valence-electron chi connectivity index (χ0n) is 11.3. The van der Waals surface area contributed by atoms with E-state index < -0.39 is 0 Å². The molecule has 2 heteroatoms. The standard InChI is InChI=1S/C16H21FO/c1-11-9-12(2)16(14(17)10-11)15(18)8-7-13-5-3-4-6-13/h9-10,13H,3-8H2,1-2H3. The molecule has 1 fully saturated rings. The second-order valence-corrected chi connectivity index (χ2v) is 5.55. The first-order chi connectivity index (χ1) is 8.58. The van der Waals surface area contributed by atoms with E-state index in [0.29, 0.717) is 17.9 Å². The molecular weight excluding hydrogens is 227 g/mol. The lowest BCUT2D eigenvalue weighted by atomic mass is 9.94. The molecule has 98 valence electrons. The van der Waals surface area contributed by atoms with Crippen LogP contribution in [0.1, 0.15) is 60.0 Å². The number of rotatable bonds is 4. The van der Waals surface area contributed by atoms with Gasteiger partial charge in [0.1, 0.15) is 5.82 Å². The monoisotopic (exact) mass is 248 g/mol. The van der Waals surface area contributed by atoms with Gasteiger partial charge in [0.05, 0.1) is 5.56 Å². The predicted octanol–water partition coefficient (Wildman–Crippen LogP) is 4.60. The van der Waals surface area contributed by atoms with Crippen LogP contribution in [0, 0.1) is 25.6 Å². The number of halogens is 1. The molecule has 1 saturated carbocycles. The van der Waals surface area contributed by atoms with E-state index in [-0.39, 0.29) is 11.6 Å². The molecule has 0 saturated heterocycles. The van der Waals surface area contributed by atoms with Crippen LogP contribution in [0.5, 0.6) is 0 Å². The SMILES string of the molecule is Cc1cc(C)c(C(=O)CCC2CCCC2)c(F)c1. The summed E-state index contributed by atoms with van der Waals surface area (Å²) in [5.74, 6) is 0.295. The molecule has 1 aromatic carbocycles. The van der Waals surface area contributed by atoms with Crippen molar-refractivity contribution >= 4 is 5.78 Å². The van der Waals surface area contributed by atoms with Crippen molar-refractivity contribution in [1.29, 1.82) is 0 Å². The zero-order valence-corrected chi connectivity index (χ0v) is 11.3. The van der Waals surface area contributed by atoms with Gasteiger partial charge in [0.25, 0.3) is 0 Å². The molecule has 18 heavy (non-hydrogen) atoms. The number of ketones is 1. The Labute approximate surface area is 108 Å². The van der Waals surface area contributed by atoms with Gasteiger partial charge in [0.2, 0.25) is 0 Å². The van der Waals surface area contributed by atoms with Gasteiger partial charge < -0.3 is 0 Å². The zero-order chi connectivity index (χ0) is 13.1. The fraction of sp³-hybridized carbons (Fsp3) is 0.562. The molecule has 0 aliphatic heterocycles. The van der Waals surface area contributed by atoms with Crippen molar-refractivity contribution in [3.05, 3.63) is 34.6 Å². The topological polar surface area (TPSA) is 17.1 Å². The fourth-order valence-electron chi connectivity index (χ4n) is 3.03. The summed E-state index contributed by atoms with van der Waals surface area (Å²) in [4.78, 5) is 12.1. The number of hydrogen-bond acceptors (Lipinski definition) is 1. The van der Waals surface area contributed by atoms with Gasteiger partial charge in [-0.25, -0.2) is 4.39 Å². The van der Waals surface area contributed by atoms with Crippen LogP contribution in [-0.4, -0.2) is 5.78 Å². The molecular formula is C16H21FO. The van der Waals surface area contributed by atoms with Gasteiger partial charge in [-0.05, 0) is 43.4 Å². The summed E-state index contributed by atoms with van der Waals surface area (Å²) in [7, 11) is 0. The van der Waals surface area contributed by atoms with E-state index in [9.17, 15) is 9.18 Å². The Kier molecular flexibility index (Phi) is 4.15. The van der Waals surface area contributed by atoms with E-state index >= 15 is 0 Å². The van der Waals surface area contributed by atoms with E-state index in [1.54, 1.807) is 0 Å². The number of hydrogen-bond donors (Lipinski definition) is 0. The highest BCUT2D eigenvalue weighted by atomic mass is 19.1. The van der Waals surface area contributed by atoms with Crippen molar-refractivity contribution in [3.63, 3.8) is 0 Å². The second kappa shape index (κ2) is 5.64. The molecule has 0 unspecified atom stereocenters. The maximum Gasteiger partial charge on any atom is 0.166 e. The van der Waals surface area contributed by atoms with E-state index in [4.69, 9.17) is 0 Å². The summed E-state index contributed by atoms with van der Waals surface area (Å²) >= 11 is 0. The Bertz CT molecular complexity index is 421. The summed E-state index contributed by atoms with van der Waals surface area (Å²) in [6.07, 6.45) is 6.47. The van der Waals surface area contributed by atoms with E-state index in [0.717, 1.165) is 17.5 Å². The first-order valence-corrected chi connectivity index (χ1v) is 6.88. The maximum atomic E-state index is 13.8. The largest absolute Gasteiger partial charge is 0.294 e. The third-order valence-electron chi connectivity index (χ3n) is 3.96. The molecule has 2 rings (SSSR count). The van der Waals surface area contributed by atoms with Crippen molar-refractivity contribution in [2.24, 2.45) is 5.92 Å². The summed E-state index contributed by atoms with van der Waals surface area (Å²) < 4.78 is 13.8. The van der Waals surface area contributed by atoms with Crippen LogP contribution in [-0.2, 0) is 0 Å². The number of benzene rings is 1. The molecule has 1 nitrogen and oxygen atoms in total. The molecule has 0 spiro atoms. The van der Waals surface area contributed by atoms with E-state index in [1.165, 1.54) is 31.7 Å². The number of aryl methyl sites for hydroxylation is 2. The quantitative estimate of drug-likeness (QED) is 0.712. The van der Waals surface area contributed by atoms with Gasteiger partial charge in [0.15, 0.2) is 5.78 Å². The first-order valence-electron chi connectivity index (χ1n) is 6.88. The van der Waals surface area contributed by atoms with Crippen molar-refractivity contribution < 1.29 is 9.18 Å². The Balaban J connectivity index is 2.04. The number of carbonyl (C=O) groups excluding carboxylic acids is 1. The minimum Gasteiger partial charge on any atom is -0.294 e. The van der Waals surface area contributed by atoms with Gasteiger partial charge in [-0.15, -0.1) is 0 Å². The van der Waals surface area contributed by atoms with Crippen LogP contribution >= 0.6 is 0 Å².